The molecule has 1 heterocycles. The van der Waals surface area contributed by atoms with Gasteiger partial charge in [-0.15, -0.1) is 0 Å². The Balaban J connectivity index is 2.57. The van der Waals surface area contributed by atoms with Crippen LogP contribution in [0.25, 0.3) is 17.2 Å². The third-order valence-electron chi connectivity index (χ3n) is 2.01. The molecule has 0 aliphatic rings. The fraction of sp³-hybridized carbons (Fsp3) is 0. The molecule has 0 nitrogen and oxygen atoms in total. The SMILES string of the molecule is C=Cc1ccccc1-c1ccsc1. The maximum atomic E-state index is 3.80. The minimum absolute atomic E-state index is 1.20. The van der Waals surface area contributed by atoms with E-state index < -0.39 is 0 Å². The topological polar surface area (TPSA) is 0 Å². The zero-order valence-corrected chi connectivity index (χ0v) is 8.05. The van der Waals surface area contributed by atoms with Crippen molar-refractivity contribution in [1.82, 2.24) is 0 Å². The van der Waals surface area contributed by atoms with Crippen molar-refractivity contribution in [2.24, 2.45) is 0 Å². The van der Waals surface area contributed by atoms with Gasteiger partial charge in [-0.05, 0) is 33.5 Å². The van der Waals surface area contributed by atoms with Crippen molar-refractivity contribution >= 4 is 17.4 Å². The largest absolute Gasteiger partial charge is 0.152 e. The first-order valence-corrected chi connectivity index (χ1v) is 5.10. The molecule has 0 atom stereocenters. The summed E-state index contributed by atoms with van der Waals surface area (Å²) in [5, 5.41) is 4.25. The van der Waals surface area contributed by atoms with E-state index in [4.69, 9.17) is 0 Å². The average molecular weight is 186 g/mol. The lowest BCUT2D eigenvalue weighted by molar-refractivity contribution is 1.64. The maximum absolute atomic E-state index is 3.80. The Kier molecular flexibility index (Phi) is 2.28. The lowest BCUT2D eigenvalue weighted by Gasteiger charge is -2.02. The van der Waals surface area contributed by atoms with E-state index in [2.05, 4.69) is 41.6 Å². The second-order valence-electron chi connectivity index (χ2n) is 2.80. The van der Waals surface area contributed by atoms with Gasteiger partial charge < -0.3 is 0 Å². The summed E-state index contributed by atoms with van der Waals surface area (Å²) in [5.74, 6) is 0. The molecule has 0 amide bonds. The van der Waals surface area contributed by atoms with E-state index >= 15 is 0 Å². The molecular formula is C12H10S. The second kappa shape index (κ2) is 3.58. The van der Waals surface area contributed by atoms with Crippen LogP contribution in [0.4, 0.5) is 0 Å². The van der Waals surface area contributed by atoms with Crippen LogP contribution < -0.4 is 0 Å². The van der Waals surface area contributed by atoms with E-state index in [1.807, 2.05) is 12.1 Å². The van der Waals surface area contributed by atoms with Crippen molar-refractivity contribution in [2.45, 2.75) is 0 Å². The highest BCUT2D eigenvalue weighted by molar-refractivity contribution is 7.08. The molecule has 2 aromatic rings. The molecule has 0 fully saturated rings. The van der Waals surface area contributed by atoms with Gasteiger partial charge in [-0.1, -0.05) is 36.9 Å². The molecule has 64 valence electrons. The van der Waals surface area contributed by atoms with Gasteiger partial charge in [0.1, 0.15) is 0 Å². The Morgan fingerprint density at radius 1 is 1.15 bits per heavy atom. The molecule has 0 spiro atoms. The van der Waals surface area contributed by atoms with Gasteiger partial charge in [-0.3, -0.25) is 0 Å². The number of thiophene rings is 1. The van der Waals surface area contributed by atoms with Crippen LogP contribution in [-0.2, 0) is 0 Å². The number of benzene rings is 1. The van der Waals surface area contributed by atoms with E-state index in [1.54, 1.807) is 11.3 Å². The number of rotatable bonds is 2. The monoisotopic (exact) mass is 186 g/mol. The van der Waals surface area contributed by atoms with Gasteiger partial charge in [-0.25, -0.2) is 0 Å². The van der Waals surface area contributed by atoms with E-state index in [1.165, 1.54) is 16.7 Å². The van der Waals surface area contributed by atoms with Crippen molar-refractivity contribution in [3.63, 3.8) is 0 Å². The van der Waals surface area contributed by atoms with Crippen LogP contribution in [0.5, 0.6) is 0 Å². The van der Waals surface area contributed by atoms with Crippen LogP contribution in [0.1, 0.15) is 5.56 Å². The number of hydrogen-bond acceptors (Lipinski definition) is 1. The van der Waals surface area contributed by atoms with Crippen LogP contribution in [0, 0.1) is 0 Å². The van der Waals surface area contributed by atoms with Crippen LogP contribution in [-0.4, -0.2) is 0 Å². The summed E-state index contributed by atoms with van der Waals surface area (Å²) in [4.78, 5) is 0. The summed E-state index contributed by atoms with van der Waals surface area (Å²) in [6.45, 7) is 3.80. The standard InChI is InChI=1S/C12H10S/c1-2-10-5-3-4-6-12(10)11-7-8-13-9-11/h2-9H,1H2. The van der Waals surface area contributed by atoms with E-state index in [-0.39, 0.29) is 0 Å². The fourth-order valence-corrected chi connectivity index (χ4v) is 2.01. The second-order valence-corrected chi connectivity index (χ2v) is 3.58. The van der Waals surface area contributed by atoms with E-state index in [9.17, 15) is 0 Å². The molecule has 0 saturated heterocycles. The molecule has 0 radical (unpaired) electrons. The van der Waals surface area contributed by atoms with Gasteiger partial charge in [-0.2, -0.15) is 11.3 Å². The lowest BCUT2D eigenvalue weighted by Crippen LogP contribution is -1.78. The minimum atomic E-state index is 1.20. The van der Waals surface area contributed by atoms with Crippen molar-refractivity contribution in [2.75, 3.05) is 0 Å². The summed E-state index contributed by atoms with van der Waals surface area (Å²) in [6.07, 6.45) is 1.90. The zero-order chi connectivity index (χ0) is 9.10. The molecule has 1 aromatic carbocycles. The Hall–Kier alpha value is -1.34. The van der Waals surface area contributed by atoms with Crippen molar-refractivity contribution in [1.29, 1.82) is 0 Å². The Labute approximate surface area is 82.2 Å². The Morgan fingerprint density at radius 2 is 2.00 bits per heavy atom. The third-order valence-corrected chi connectivity index (χ3v) is 2.70. The van der Waals surface area contributed by atoms with Gasteiger partial charge in [0.05, 0.1) is 0 Å². The average Bonchev–Trinajstić information content (AvgIpc) is 2.70. The van der Waals surface area contributed by atoms with Gasteiger partial charge >= 0.3 is 0 Å². The molecule has 0 unspecified atom stereocenters. The molecule has 1 aromatic heterocycles. The smallest absolute Gasteiger partial charge is 0.00145 e. The summed E-state index contributed by atoms with van der Waals surface area (Å²) >= 11 is 1.72. The summed E-state index contributed by atoms with van der Waals surface area (Å²) in [5.41, 5.74) is 3.74. The predicted octanol–water partition coefficient (Wildman–Crippen LogP) is 4.06. The Bertz CT molecular complexity index is 399. The summed E-state index contributed by atoms with van der Waals surface area (Å²) in [6, 6.07) is 10.4. The molecule has 0 aliphatic heterocycles. The summed E-state index contributed by atoms with van der Waals surface area (Å²) in [7, 11) is 0. The molecule has 1 heteroatoms. The van der Waals surface area contributed by atoms with Crippen LogP contribution in [0.15, 0.2) is 47.7 Å². The minimum Gasteiger partial charge on any atom is -0.152 e. The van der Waals surface area contributed by atoms with E-state index in [0.717, 1.165) is 0 Å². The highest BCUT2D eigenvalue weighted by Crippen LogP contribution is 2.26. The normalized spacial score (nSPS) is 9.85. The quantitative estimate of drug-likeness (QED) is 0.663. The molecule has 0 aliphatic carbocycles. The van der Waals surface area contributed by atoms with Crippen molar-refractivity contribution in [3.8, 4) is 11.1 Å². The molecular weight excluding hydrogens is 176 g/mol. The molecule has 0 N–H and O–H groups in total. The predicted molar refractivity (Wildman–Crippen MR) is 59.8 cm³/mol. The highest BCUT2D eigenvalue weighted by Gasteiger charge is 2.00. The molecule has 0 saturated carbocycles. The van der Waals surface area contributed by atoms with Crippen LogP contribution in [0.3, 0.4) is 0 Å². The van der Waals surface area contributed by atoms with Gasteiger partial charge in [0.15, 0.2) is 0 Å². The maximum Gasteiger partial charge on any atom is -0.00145 e. The van der Waals surface area contributed by atoms with Crippen LogP contribution >= 0.6 is 11.3 Å². The van der Waals surface area contributed by atoms with Crippen molar-refractivity contribution < 1.29 is 0 Å². The van der Waals surface area contributed by atoms with Gasteiger partial charge in [0, 0.05) is 0 Å². The molecule has 0 bridgehead atoms. The van der Waals surface area contributed by atoms with Gasteiger partial charge in [0.2, 0.25) is 0 Å². The third kappa shape index (κ3) is 1.56. The first-order valence-electron chi connectivity index (χ1n) is 4.16. The molecule has 13 heavy (non-hydrogen) atoms. The lowest BCUT2D eigenvalue weighted by atomic mass is 10.0. The fourth-order valence-electron chi connectivity index (χ4n) is 1.36. The van der Waals surface area contributed by atoms with Crippen LogP contribution in [0.2, 0.25) is 0 Å². The zero-order valence-electron chi connectivity index (χ0n) is 7.23. The Morgan fingerprint density at radius 3 is 2.69 bits per heavy atom. The molecule has 2 rings (SSSR count). The summed E-state index contributed by atoms with van der Waals surface area (Å²) < 4.78 is 0. The number of hydrogen-bond donors (Lipinski definition) is 0. The first kappa shape index (κ1) is 8.27. The van der Waals surface area contributed by atoms with Gasteiger partial charge in [0.25, 0.3) is 0 Å². The highest BCUT2D eigenvalue weighted by atomic mass is 32.1. The van der Waals surface area contributed by atoms with E-state index in [0.29, 0.717) is 0 Å². The first-order chi connectivity index (χ1) is 6.42. The van der Waals surface area contributed by atoms with Crippen molar-refractivity contribution in [3.05, 3.63) is 53.2 Å².